The Bertz CT molecular complexity index is 1070. The van der Waals surface area contributed by atoms with Crippen LogP contribution in [0.4, 0.5) is 0 Å². The average Bonchev–Trinajstić information content (AvgIpc) is 3.01. The van der Waals surface area contributed by atoms with Gasteiger partial charge in [-0.05, 0) is 37.1 Å². The van der Waals surface area contributed by atoms with Crippen LogP contribution >= 0.6 is 0 Å². The Labute approximate surface area is 145 Å². The Morgan fingerprint density at radius 3 is 2.60 bits per heavy atom. The number of hydrogen-bond donors (Lipinski definition) is 2. The van der Waals surface area contributed by atoms with Gasteiger partial charge in [-0.25, -0.2) is 4.98 Å². The van der Waals surface area contributed by atoms with Crippen molar-refractivity contribution >= 4 is 21.9 Å². The van der Waals surface area contributed by atoms with E-state index in [0.717, 1.165) is 44.4 Å². The third-order valence-corrected chi connectivity index (χ3v) is 4.60. The summed E-state index contributed by atoms with van der Waals surface area (Å²) in [7, 11) is 1.64. The molecule has 2 aromatic carbocycles. The predicted molar refractivity (Wildman–Crippen MR) is 97.9 cm³/mol. The normalized spacial score (nSPS) is 12.6. The SMILES string of the molecule is COc1cc(C)c2nc3n[nH]c(C)c3c(C(O)c3ccccc3)c2c1. The number of methoxy groups -OCH3 is 1. The molecule has 5 heteroatoms. The van der Waals surface area contributed by atoms with Crippen LogP contribution < -0.4 is 4.74 Å². The van der Waals surface area contributed by atoms with Crippen LogP contribution in [0.5, 0.6) is 5.75 Å². The van der Waals surface area contributed by atoms with Gasteiger partial charge in [0.2, 0.25) is 0 Å². The lowest BCUT2D eigenvalue weighted by molar-refractivity contribution is 0.223. The Hall–Kier alpha value is -2.92. The van der Waals surface area contributed by atoms with Crippen molar-refractivity contribution in [3.8, 4) is 5.75 Å². The van der Waals surface area contributed by atoms with Crippen LogP contribution in [0.25, 0.3) is 21.9 Å². The summed E-state index contributed by atoms with van der Waals surface area (Å²) in [6.45, 7) is 3.93. The van der Waals surface area contributed by atoms with Gasteiger partial charge in [0.15, 0.2) is 5.65 Å². The zero-order valence-corrected chi connectivity index (χ0v) is 14.4. The third kappa shape index (κ3) is 2.44. The van der Waals surface area contributed by atoms with Crippen molar-refractivity contribution in [2.45, 2.75) is 20.0 Å². The molecule has 0 fully saturated rings. The number of aromatic amines is 1. The molecule has 5 nitrogen and oxygen atoms in total. The molecule has 2 N–H and O–H groups in total. The highest BCUT2D eigenvalue weighted by molar-refractivity contribution is 5.99. The summed E-state index contributed by atoms with van der Waals surface area (Å²) in [5.41, 5.74) is 4.94. The molecule has 2 aromatic heterocycles. The fourth-order valence-corrected chi connectivity index (χ4v) is 3.36. The number of nitrogens with zero attached hydrogens (tertiary/aromatic N) is 2. The van der Waals surface area contributed by atoms with Gasteiger partial charge in [0.25, 0.3) is 0 Å². The molecule has 0 bridgehead atoms. The van der Waals surface area contributed by atoms with E-state index in [1.54, 1.807) is 7.11 Å². The van der Waals surface area contributed by atoms with Crippen LogP contribution in [0.1, 0.15) is 28.5 Å². The van der Waals surface area contributed by atoms with Crippen molar-refractivity contribution in [1.82, 2.24) is 15.2 Å². The summed E-state index contributed by atoms with van der Waals surface area (Å²) in [5.74, 6) is 0.744. The number of nitrogens with one attached hydrogen (secondary N) is 1. The minimum Gasteiger partial charge on any atom is -0.497 e. The van der Waals surface area contributed by atoms with E-state index >= 15 is 0 Å². The summed E-state index contributed by atoms with van der Waals surface area (Å²) in [6.07, 6.45) is -0.781. The molecule has 0 saturated heterocycles. The molecule has 0 radical (unpaired) electrons. The molecule has 25 heavy (non-hydrogen) atoms. The number of aliphatic hydroxyl groups excluding tert-OH is 1. The molecule has 1 unspecified atom stereocenters. The Balaban J connectivity index is 2.14. The topological polar surface area (TPSA) is 71.0 Å². The number of fused-ring (bicyclic) bond motifs is 2. The second kappa shape index (κ2) is 5.86. The largest absolute Gasteiger partial charge is 0.497 e. The monoisotopic (exact) mass is 333 g/mol. The number of pyridine rings is 1. The van der Waals surface area contributed by atoms with Crippen molar-refractivity contribution in [2.75, 3.05) is 7.11 Å². The highest BCUT2D eigenvalue weighted by Crippen LogP contribution is 2.37. The first-order valence-electron chi connectivity index (χ1n) is 8.16. The van der Waals surface area contributed by atoms with Gasteiger partial charge >= 0.3 is 0 Å². The number of rotatable bonds is 3. The van der Waals surface area contributed by atoms with E-state index in [4.69, 9.17) is 9.72 Å². The number of benzene rings is 2. The lowest BCUT2D eigenvalue weighted by Gasteiger charge is -2.17. The lowest BCUT2D eigenvalue weighted by atomic mass is 9.93. The van der Waals surface area contributed by atoms with E-state index in [9.17, 15) is 5.11 Å². The quantitative estimate of drug-likeness (QED) is 0.598. The van der Waals surface area contributed by atoms with Gasteiger partial charge in [-0.3, -0.25) is 5.10 Å². The summed E-state index contributed by atoms with van der Waals surface area (Å²) in [6, 6.07) is 13.5. The van der Waals surface area contributed by atoms with Gasteiger partial charge in [0, 0.05) is 22.0 Å². The first-order valence-corrected chi connectivity index (χ1v) is 8.16. The molecule has 0 aliphatic heterocycles. The van der Waals surface area contributed by atoms with E-state index in [1.165, 1.54) is 0 Å². The second-order valence-corrected chi connectivity index (χ2v) is 6.23. The molecule has 4 rings (SSSR count). The molecule has 0 amide bonds. The molecule has 2 heterocycles. The van der Waals surface area contributed by atoms with Gasteiger partial charge in [-0.15, -0.1) is 0 Å². The molecule has 0 aliphatic carbocycles. The zero-order valence-electron chi connectivity index (χ0n) is 14.4. The maximum Gasteiger partial charge on any atom is 0.182 e. The van der Waals surface area contributed by atoms with Gasteiger partial charge < -0.3 is 9.84 Å². The molecule has 126 valence electrons. The Morgan fingerprint density at radius 1 is 1.12 bits per heavy atom. The highest BCUT2D eigenvalue weighted by atomic mass is 16.5. The second-order valence-electron chi connectivity index (χ2n) is 6.23. The predicted octanol–water partition coefficient (Wildman–Crippen LogP) is 3.82. The molecule has 1 atom stereocenters. The van der Waals surface area contributed by atoms with Crippen molar-refractivity contribution < 1.29 is 9.84 Å². The van der Waals surface area contributed by atoms with Gasteiger partial charge in [0.05, 0.1) is 12.6 Å². The van der Waals surface area contributed by atoms with Gasteiger partial charge in [-0.2, -0.15) is 5.10 Å². The van der Waals surface area contributed by atoms with Gasteiger partial charge in [0.1, 0.15) is 11.9 Å². The smallest absolute Gasteiger partial charge is 0.182 e. The average molecular weight is 333 g/mol. The first-order chi connectivity index (χ1) is 12.1. The minimum absolute atomic E-state index is 0.614. The van der Waals surface area contributed by atoms with Gasteiger partial charge in [-0.1, -0.05) is 30.3 Å². The van der Waals surface area contributed by atoms with Crippen molar-refractivity contribution in [1.29, 1.82) is 0 Å². The van der Waals surface area contributed by atoms with Crippen molar-refractivity contribution in [3.63, 3.8) is 0 Å². The van der Waals surface area contributed by atoms with Crippen LogP contribution in [-0.2, 0) is 0 Å². The first kappa shape index (κ1) is 15.6. The number of H-pyrrole nitrogens is 1. The maximum atomic E-state index is 11.2. The standard InChI is InChI=1S/C20H19N3O2/c1-11-9-14(25-3)10-15-17(19(24)13-7-5-4-6-8-13)16-12(2)22-23-20(16)21-18(11)15/h4-10,19,24H,1-3H3,(H,21,22,23). The number of hydrogen-bond acceptors (Lipinski definition) is 4. The van der Waals surface area contributed by atoms with Crippen LogP contribution in [0.3, 0.4) is 0 Å². The molecule has 0 spiro atoms. The number of aromatic nitrogens is 3. The van der Waals surface area contributed by atoms with Crippen LogP contribution in [0.2, 0.25) is 0 Å². The number of aliphatic hydroxyl groups is 1. The van der Waals surface area contributed by atoms with E-state index in [0.29, 0.717) is 5.65 Å². The molecule has 4 aromatic rings. The fourth-order valence-electron chi connectivity index (χ4n) is 3.36. The lowest BCUT2D eigenvalue weighted by Crippen LogP contribution is -2.04. The Morgan fingerprint density at radius 2 is 1.88 bits per heavy atom. The molecular formula is C20H19N3O2. The highest BCUT2D eigenvalue weighted by Gasteiger charge is 2.22. The number of ether oxygens (including phenoxy) is 1. The summed E-state index contributed by atoms with van der Waals surface area (Å²) in [4.78, 5) is 4.70. The molecular weight excluding hydrogens is 314 g/mol. The van der Waals surface area contributed by atoms with Crippen molar-refractivity contribution in [3.05, 3.63) is 64.8 Å². The minimum atomic E-state index is -0.781. The summed E-state index contributed by atoms with van der Waals surface area (Å²) in [5, 5.41) is 20.2. The number of aryl methyl sites for hydroxylation is 2. The summed E-state index contributed by atoms with van der Waals surface area (Å²) < 4.78 is 5.43. The molecule has 0 aliphatic rings. The molecule has 0 saturated carbocycles. The zero-order chi connectivity index (χ0) is 17.6. The summed E-state index contributed by atoms with van der Waals surface area (Å²) >= 11 is 0. The van der Waals surface area contributed by atoms with Crippen LogP contribution in [0, 0.1) is 13.8 Å². The van der Waals surface area contributed by atoms with Crippen LogP contribution in [0.15, 0.2) is 42.5 Å². The fraction of sp³-hybridized carbons (Fsp3) is 0.200. The van der Waals surface area contributed by atoms with E-state index in [-0.39, 0.29) is 0 Å². The van der Waals surface area contributed by atoms with Crippen molar-refractivity contribution in [2.24, 2.45) is 0 Å². The maximum absolute atomic E-state index is 11.2. The van der Waals surface area contributed by atoms with Crippen LogP contribution in [-0.4, -0.2) is 27.4 Å². The van der Waals surface area contributed by atoms with E-state index in [1.807, 2.05) is 56.3 Å². The Kier molecular flexibility index (Phi) is 3.66. The van der Waals surface area contributed by atoms with E-state index in [2.05, 4.69) is 10.2 Å². The van der Waals surface area contributed by atoms with E-state index < -0.39 is 6.10 Å². The third-order valence-electron chi connectivity index (χ3n) is 4.60.